The van der Waals surface area contributed by atoms with Gasteiger partial charge in [-0.15, -0.1) is 0 Å². The second-order valence-corrected chi connectivity index (χ2v) is 10.5. The van der Waals surface area contributed by atoms with Crippen LogP contribution in [0, 0.1) is 0 Å². The first-order valence-corrected chi connectivity index (χ1v) is 13.0. The average Bonchev–Trinajstić information content (AvgIpc) is 2.91. The molecule has 0 aliphatic rings. The van der Waals surface area contributed by atoms with Gasteiger partial charge in [-0.25, -0.2) is 0 Å². The van der Waals surface area contributed by atoms with Crippen LogP contribution in [0.3, 0.4) is 0 Å². The molecular formula is C29H18F12O4S. The maximum Gasteiger partial charge on any atom is 0.419 e. The predicted molar refractivity (Wildman–Crippen MR) is 139 cm³/mol. The molecule has 4 aromatic rings. The third kappa shape index (κ3) is 9.31. The summed E-state index contributed by atoms with van der Waals surface area (Å²) in [4.78, 5) is -0.0112. The minimum atomic E-state index is -4.78. The highest BCUT2D eigenvalue weighted by Crippen LogP contribution is 2.43. The smallest absolute Gasteiger partial charge is 0.419 e. The van der Waals surface area contributed by atoms with Gasteiger partial charge in [0.25, 0.3) is 0 Å². The normalized spacial score (nSPS) is 12.4. The Bertz CT molecular complexity index is 1450. The molecule has 0 saturated heterocycles. The Morgan fingerprint density at radius 1 is 0.391 bits per heavy atom. The first-order chi connectivity index (χ1) is 21.0. The summed E-state index contributed by atoms with van der Waals surface area (Å²) in [6.45, 7) is 0. The molecule has 248 valence electrons. The molecule has 4 nitrogen and oxygen atoms in total. The molecule has 4 N–H and O–H groups in total. The average molecular weight is 691 g/mol. The lowest BCUT2D eigenvalue weighted by Gasteiger charge is -2.13. The van der Waals surface area contributed by atoms with E-state index >= 15 is 0 Å². The molecule has 0 fully saturated rings. The summed E-state index contributed by atoms with van der Waals surface area (Å²) < 4.78 is 152. The van der Waals surface area contributed by atoms with Crippen LogP contribution in [0.5, 0.6) is 23.0 Å². The van der Waals surface area contributed by atoms with E-state index in [9.17, 15) is 73.1 Å². The Morgan fingerprint density at radius 3 is 0.935 bits per heavy atom. The van der Waals surface area contributed by atoms with Crippen molar-refractivity contribution in [1.29, 1.82) is 0 Å². The van der Waals surface area contributed by atoms with Crippen LogP contribution in [0.25, 0.3) is 0 Å². The number of rotatable bonds is 4. The van der Waals surface area contributed by atoms with Gasteiger partial charge in [0.15, 0.2) is 0 Å². The number of benzene rings is 4. The van der Waals surface area contributed by atoms with Crippen LogP contribution in [0.15, 0.2) is 82.6 Å². The van der Waals surface area contributed by atoms with Gasteiger partial charge in [-0.2, -0.15) is 52.7 Å². The first kappa shape index (κ1) is 36.1. The quantitative estimate of drug-likeness (QED) is 0.160. The maximum atomic E-state index is 12.7. The summed E-state index contributed by atoms with van der Waals surface area (Å²) in [5.74, 6) is -3.85. The molecule has 0 aromatic heterocycles. The Morgan fingerprint density at radius 2 is 0.652 bits per heavy atom. The summed E-state index contributed by atoms with van der Waals surface area (Å²) in [6.07, 6.45) is -19.3. The number of phenolic OH excluding ortho intramolecular Hbond substituents is 4. The van der Waals surface area contributed by atoms with Crippen molar-refractivity contribution in [1.82, 2.24) is 0 Å². The number of hydrogen-bond acceptors (Lipinski definition) is 5. The Labute approximate surface area is 255 Å². The maximum absolute atomic E-state index is 12.7. The molecule has 0 aliphatic carbocycles. The molecule has 0 radical (unpaired) electrons. The third-order valence-corrected chi connectivity index (χ3v) is 6.90. The van der Waals surface area contributed by atoms with Crippen molar-refractivity contribution in [3.8, 4) is 23.0 Å². The van der Waals surface area contributed by atoms with Gasteiger partial charge in [0.2, 0.25) is 0 Å². The fourth-order valence-electron chi connectivity index (χ4n) is 3.82. The lowest BCUT2D eigenvalue weighted by atomic mass is 10.00. The third-order valence-electron chi connectivity index (χ3n) is 5.92. The lowest BCUT2D eigenvalue weighted by Crippen LogP contribution is -2.07. The summed E-state index contributed by atoms with van der Waals surface area (Å²) >= 11 is 0.643. The summed E-state index contributed by atoms with van der Waals surface area (Å²) in [5, 5.41) is 36.9. The Kier molecular flexibility index (Phi) is 10.3. The van der Waals surface area contributed by atoms with Crippen molar-refractivity contribution in [2.45, 2.75) is 40.9 Å². The second-order valence-electron chi connectivity index (χ2n) is 9.33. The van der Waals surface area contributed by atoms with E-state index < -0.39 is 70.0 Å². The minimum absolute atomic E-state index is 0.00561. The van der Waals surface area contributed by atoms with Gasteiger partial charge in [-0.1, -0.05) is 23.9 Å². The monoisotopic (exact) mass is 690 g/mol. The van der Waals surface area contributed by atoms with Crippen LogP contribution in [0.2, 0.25) is 0 Å². The van der Waals surface area contributed by atoms with Crippen molar-refractivity contribution >= 4 is 11.8 Å². The van der Waals surface area contributed by atoms with Crippen molar-refractivity contribution in [3.63, 3.8) is 0 Å². The molecule has 17 heteroatoms. The molecule has 0 aliphatic heterocycles. The van der Waals surface area contributed by atoms with E-state index in [1.165, 1.54) is 12.1 Å². The molecule has 4 rings (SSSR count). The lowest BCUT2D eigenvalue weighted by molar-refractivity contribution is -0.139. The van der Waals surface area contributed by atoms with Gasteiger partial charge >= 0.3 is 24.7 Å². The molecule has 46 heavy (non-hydrogen) atoms. The van der Waals surface area contributed by atoms with Crippen molar-refractivity contribution < 1.29 is 73.1 Å². The van der Waals surface area contributed by atoms with Crippen molar-refractivity contribution in [2.24, 2.45) is 0 Å². The van der Waals surface area contributed by atoms with Crippen LogP contribution in [0.4, 0.5) is 52.7 Å². The first-order valence-electron chi connectivity index (χ1n) is 12.2. The van der Waals surface area contributed by atoms with Crippen LogP contribution >= 0.6 is 11.8 Å². The zero-order chi connectivity index (χ0) is 34.8. The fourth-order valence-corrected chi connectivity index (χ4v) is 4.72. The van der Waals surface area contributed by atoms with E-state index in [0.717, 1.165) is 36.4 Å². The van der Waals surface area contributed by atoms with Gasteiger partial charge in [0.1, 0.15) is 23.0 Å². The van der Waals surface area contributed by atoms with Gasteiger partial charge < -0.3 is 20.4 Å². The molecule has 0 atom stereocenters. The van der Waals surface area contributed by atoms with Gasteiger partial charge in [-0.3, -0.25) is 0 Å². The van der Waals surface area contributed by atoms with E-state index in [1.54, 1.807) is 0 Å². The standard InChI is InChI=1S/C15H10F6O2.C14H8F6O2S/c16-14(17,18)10-6-8(1-3-12(10)22)5-9-2-4-13(23)11(7-9)15(19,20)21;15-13(16,17)9-5-7(1-3-11(9)21)23-8-2-4-12(22)10(6-8)14(18,19)20/h1-4,6-7,22-23H,5H2;1-6,21-22H. The predicted octanol–water partition coefficient (Wildman–Crippen LogP) is 10.0. The van der Waals surface area contributed by atoms with Crippen molar-refractivity contribution in [3.05, 3.63) is 106 Å². The molecule has 0 amide bonds. The highest BCUT2D eigenvalue weighted by molar-refractivity contribution is 7.99. The topological polar surface area (TPSA) is 80.9 Å². The van der Waals surface area contributed by atoms with E-state index in [4.69, 9.17) is 0 Å². The highest BCUT2D eigenvalue weighted by Gasteiger charge is 2.37. The van der Waals surface area contributed by atoms with Crippen molar-refractivity contribution in [2.75, 3.05) is 0 Å². The van der Waals surface area contributed by atoms with Gasteiger partial charge in [0, 0.05) is 9.79 Å². The minimum Gasteiger partial charge on any atom is -0.507 e. The van der Waals surface area contributed by atoms with Gasteiger partial charge in [0.05, 0.1) is 22.3 Å². The molecule has 0 bridgehead atoms. The van der Waals surface area contributed by atoms with E-state index in [0.29, 0.717) is 36.0 Å². The summed E-state index contributed by atoms with van der Waals surface area (Å²) in [5.41, 5.74) is -4.92. The summed E-state index contributed by atoms with van der Waals surface area (Å²) in [6, 6.07) is 10.6. The van der Waals surface area contributed by atoms with E-state index in [2.05, 4.69) is 0 Å². The van der Waals surface area contributed by atoms with Crippen LogP contribution in [0.1, 0.15) is 33.4 Å². The largest absolute Gasteiger partial charge is 0.507 e. The van der Waals surface area contributed by atoms with E-state index in [1.807, 2.05) is 0 Å². The molecule has 0 saturated carbocycles. The number of hydrogen-bond donors (Lipinski definition) is 4. The number of phenols is 4. The SMILES string of the molecule is Oc1ccc(Cc2ccc(O)c(C(F)(F)F)c2)cc1C(F)(F)F.Oc1ccc(Sc2ccc(O)c(C(F)(F)F)c2)cc1C(F)(F)F. The van der Waals surface area contributed by atoms with Crippen LogP contribution < -0.4 is 0 Å². The van der Waals surface area contributed by atoms with Crippen LogP contribution in [-0.4, -0.2) is 20.4 Å². The van der Waals surface area contributed by atoms with Crippen LogP contribution in [-0.2, 0) is 31.1 Å². The molecule has 0 unspecified atom stereocenters. The zero-order valence-corrected chi connectivity index (χ0v) is 23.2. The second kappa shape index (κ2) is 13.1. The number of halogens is 12. The number of alkyl halides is 12. The Balaban J connectivity index is 0.000000250. The molecule has 0 spiro atoms. The zero-order valence-electron chi connectivity index (χ0n) is 22.4. The molecule has 4 aromatic carbocycles. The molecular weight excluding hydrogens is 672 g/mol. The number of aromatic hydroxyl groups is 4. The highest BCUT2D eigenvalue weighted by atomic mass is 32.2. The summed E-state index contributed by atoms with van der Waals surface area (Å²) in [7, 11) is 0. The fraction of sp³-hybridized carbons (Fsp3) is 0.172. The van der Waals surface area contributed by atoms with Gasteiger partial charge in [-0.05, 0) is 78.2 Å². The molecule has 0 heterocycles. The van der Waals surface area contributed by atoms with E-state index in [-0.39, 0.29) is 27.3 Å². The Hall–Kier alpha value is -4.41.